The minimum absolute atomic E-state index is 0.0977. The van der Waals surface area contributed by atoms with Gasteiger partial charge in [0.05, 0.1) is 0 Å². The molecule has 0 atom stereocenters. The Bertz CT molecular complexity index is 981. The maximum atomic E-state index is 13.3. The summed E-state index contributed by atoms with van der Waals surface area (Å²) in [6, 6.07) is 0. The molecule has 10 nitrogen and oxygen atoms in total. The van der Waals surface area contributed by atoms with E-state index in [4.69, 9.17) is 9.47 Å². The molecule has 0 saturated heterocycles. The smallest absolute Gasteiger partial charge is 0.385 e. The normalized spacial score (nSPS) is 12.8. The minimum Gasteiger partial charge on any atom is -0.385 e. The summed E-state index contributed by atoms with van der Waals surface area (Å²) >= 11 is 0. The maximum Gasteiger partial charge on any atom is 0.523 e. The zero-order valence-corrected chi connectivity index (χ0v) is 27.7. The lowest BCUT2D eigenvalue weighted by Gasteiger charge is -2.28. The zero-order chi connectivity index (χ0) is 38.6. The summed E-state index contributed by atoms with van der Waals surface area (Å²) in [6.07, 6.45) is -21.1. The number of halogens is 12. The molecule has 0 aromatic rings. The Morgan fingerprint density at radius 3 is 1.04 bits per heavy atom. The molecule has 0 aromatic carbocycles. The SMILES string of the molecule is COCCCCN(CCCN(CCCCN(CCCN(CCCCOC)C(=O)C(F)(F)F)C(=O)C(F)(F)F)COC(F)(F)F)C(=O)C(F)(F)F. The molecule has 22 heteroatoms. The van der Waals surface area contributed by atoms with E-state index in [1.165, 1.54) is 14.2 Å². The average Bonchev–Trinajstić information content (AvgIpc) is 2.99. The van der Waals surface area contributed by atoms with Gasteiger partial charge in [-0.1, -0.05) is 0 Å². The van der Waals surface area contributed by atoms with Crippen LogP contribution in [-0.4, -0.2) is 149 Å². The number of unbranched alkanes of at least 4 members (excludes halogenated alkanes) is 3. The third-order valence-corrected chi connectivity index (χ3v) is 6.96. The minimum atomic E-state index is -5.36. The number of carbonyl (C=O) groups excluding carboxylic acids is 3. The van der Waals surface area contributed by atoms with E-state index in [0.717, 1.165) is 4.90 Å². The summed E-state index contributed by atoms with van der Waals surface area (Å²) in [7, 11) is 2.72. The first-order chi connectivity index (χ1) is 23.0. The van der Waals surface area contributed by atoms with Gasteiger partial charge in [0.15, 0.2) is 0 Å². The van der Waals surface area contributed by atoms with Crippen LogP contribution in [0, 0.1) is 0 Å². The summed E-state index contributed by atoms with van der Waals surface area (Å²) in [6.45, 7) is -4.38. The molecule has 0 aliphatic rings. The quantitative estimate of drug-likeness (QED) is 0.0703. The van der Waals surface area contributed by atoms with Crippen LogP contribution in [0.25, 0.3) is 0 Å². The second-order valence-electron chi connectivity index (χ2n) is 11.0. The van der Waals surface area contributed by atoms with Gasteiger partial charge in [-0.15, -0.1) is 13.2 Å². The van der Waals surface area contributed by atoms with Gasteiger partial charge in [-0.25, -0.2) is 0 Å². The number of amides is 3. The van der Waals surface area contributed by atoms with Crippen molar-refractivity contribution in [3.8, 4) is 0 Å². The molecule has 0 fully saturated rings. The second kappa shape index (κ2) is 23.1. The van der Waals surface area contributed by atoms with E-state index in [1.54, 1.807) is 0 Å². The van der Waals surface area contributed by atoms with E-state index >= 15 is 0 Å². The van der Waals surface area contributed by atoms with Crippen molar-refractivity contribution in [2.75, 3.05) is 86.5 Å². The van der Waals surface area contributed by atoms with Gasteiger partial charge in [0.2, 0.25) is 0 Å². The van der Waals surface area contributed by atoms with Crippen LogP contribution < -0.4 is 0 Å². The number of nitrogens with zero attached hydrogens (tertiary/aromatic N) is 4. The number of hydrogen-bond acceptors (Lipinski definition) is 7. The first-order valence-corrected chi connectivity index (χ1v) is 15.5. The fraction of sp³-hybridized carbons (Fsp3) is 0.893. The fourth-order valence-electron chi connectivity index (χ4n) is 4.56. The molecule has 0 N–H and O–H groups in total. The van der Waals surface area contributed by atoms with Crippen LogP contribution >= 0.6 is 0 Å². The van der Waals surface area contributed by atoms with Gasteiger partial charge in [0.1, 0.15) is 6.73 Å². The molecule has 0 rings (SSSR count). The van der Waals surface area contributed by atoms with E-state index in [1.807, 2.05) is 0 Å². The van der Waals surface area contributed by atoms with Crippen LogP contribution in [0.15, 0.2) is 0 Å². The summed E-state index contributed by atoms with van der Waals surface area (Å²) in [5.74, 6) is -6.66. The van der Waals surface area contributed by atoms with Crippen LogP contribution in [-0.2, 0) is 28.6 Å². The third kappa shape index (κ3) is 21.6. The Morgan fingerprint density at radius 2 is 0.720 bits per heavy atom. The van der Waals surface area contributed by atoms with Crippen molar-refractivity contribution in [1.82, 2.24) is 19.6 Å². The molecular weight excluding hydrogens is 716 g/mol. The van der Waals surface area contributed by atoms with E-state index in [-0.39, 0.29) is 71.5 Å². The van der Waals surface area contributed by atoms with Gasteiger partial charge < -0.3 is 24.2 Å². The van der Waals surface area contributed by atoms with Crippen LogP contribution in [0.1, 0.15) is 51.4 Å². The van der Waals surface area contributed by atoms with Gasteiger partial charge in [-0.3, -0.25) is 24.0 Å². The van der Waals surface area contributed by atoms with Crippen molar-refractivity contribution in [2.24, 2.45) is 0 Å². The van der Waals surface area contributed by atoms with E-state index in [2.05, 4.69) is 4.74 Å². The average molecular weight is 761 g/mol. The summed E-state index contributed by atoms with van der Waals surface area (Å²) in [4.78, 5) is 37.9. The van der Waals surface area contributed by atoms with Crippen LogP contribution in [0.5, 0.6) is 0 Å². The van der Waals surface area contributed by atoms with Crippen LogP contribution in [0.2, 0.25) is 0 Å². The highest BCUT2D eigenvalue weighted by Crippen LogP contribution is 2.22. The maximum absolute atomic E-state index is 13.3. The van der Waals surface area contributed by atoms with Gasteiger partial charge in [-0.05, 0) is 51.4 Å². The van der Waals surface area contributed by atoms with E-state index in [0.29, 0.717) is 27.5 Å². The Morgan fingerprint density at radius 1 is 0.440 bits per heavy atom. The topological polar surface area (TPSA) is 91.9 Å². The van der Waals surface area contributed by atoms with E-state index in [9.17, 15) is 67.1 Å². The number of hydrogen-bond donors (Lipinski definition) is 0. The first-order valence-electron chi connectivity index (χ1n) is 15.5. The molecule has 50 heavy (non-hydrogen) atoms. The Labute approximate surface area is 281 Å². The lowest BCUT2D eigenvalue weighted by atomic mass is 10.2. The second-order valence-corrected chi connectivity index (χ2v) is 11.0. The molecule has 0 saturated carbocycles. The molecule has 0 bridgehead atoms. The molecule has 0 unspecified atom stereocenters. The molecule has 0 heterocycles. The lowest BCUT2D eigenvalue weighted by molar-refractivity contribution is -0.336. The van der Waals surface area contributed by atoms with Crippen molar-refractivity contribution in [3.05, 3.63) is 0 Å². The number of methoxy groups -OCH3 is 2. The Balaban J connectivity index is 5.42. The number of alkyl halides is 12. The molecule has 3 amide bonds. The largest absolute Gasteiger partial charge is 0.523 e. The molecular formula is C28H44F12N4O6. The Hall–Kier alpha value is -2.59. The van der Waals surface area contributed by atoms with Gasteiger partial charge >= 0.3 is 42.6 Å². The molecule has 0 aliphatic heterocycles. The highest BCUT2D eigenvalue weighted by atomic mass is 19.4. The summed E-state index contributed by atoms with van der Waals surface area (Å²) < 4.78 is 170. The fourth-order valence-corrected chi connectivity index (χ4v) is 4.56. The lowest BCUT2D eigenvalue weighted by Crippen LogP contribution is -2.45. The Kier molecular flexibility index (Phi) is 21.9. The van der Waals surface area contributed by atoms with Crippen molar-refractivity contribution < 1.29 is 81.3 Å². The third-order valence-electron chi connectivity index (χ3n) is 6.96. The van der Waals surface area contributed by atoms with Crippen molar-refractivity contribution in [1.29, 1.82) is 0 Å². The number of rotatable bonds is 25. The van der Waals surface area contributed by atoms with Gasteiger partial charge in [0.25, 0.3) is 0 Å². The summed E-state index contributed by atoms with van der Waals surface area (Å²) in [5.41, 5.74) is 0. The number of carbonyl (C=O) groups is 3. The summed E-state index contributed by atoms with van der Waals surface area (Å²) in [5, 5.41) is 0. The predicted octanol–water partition coefficient (Wildman–Crippen LogP) is 5.37. The van der Waals surface area contributed by atoms with Gasteiger partial charge in [0, 0.05) is 79.8 Å². The monoisotopic (exact) mass is 760 g/mol. The van der Waals surface area contributed by atoms with E-state index < -0.39 is 81.9 Å². The molecule has 0 radical (unpaired) electrons. The highest BCUT2D eigenvalue weighted by Gasteiger charge is 2.44. The molecule has 296 valence electrons. The molecule has 0 aromatic heterocycles. The van der Waals surface area contributed by atoms with Crippen molar-refractivity contribution >= 4 is 17.7 Å². The number of ether oxygens (including phenoxy) is 3. The van der Waals surface area contributed by atoms with Crippen LogP contribution in [0.4, 0.5) is 52.7 Å². The van der Waals surface area contributed by atoms with Gasteiger partial charge in [-0.2, -0.15) is 39.5 Å². The molecule has 0 aliphatic carbocycles. The van der Waals surface area contributed by atoms with Crippen molar-refractivity contribution in [2.45, 2.75) is 76.3 Å². The van der Waals surface area contributed by atoms with Crippen LogP contribution in [0.3, 0.4) is 0 Å². The van der Waals surface area contributed by atoms with Crippen molar-refractivity contribution in [3.63, 3.8) is 0 Å². The highest BCUT2D eigenvalue weighted by molar-refractivity contribution is 5.82. The predicted molar refractivity (Wildman–Crippen MR) is 152 cm³/mol. The zero-order valence-electron chi connectivity index (χ0n) is 27.7. The molecule has 0 spiro atoms. The standard InChI is InChI=1S/C28H44F12N4O6/c1-48-19-7-5-14-43(23(46)26(32,33)34)16-9-12-41(21-50-28(38,39)40)11-3-4-13-42(22(45)25(29,30)31)17-10-18-44(15-6-8-20-49-2)24(47)27(35,36)37/h3-21H2,1-2H3. The first kappa shape index (κ1) is 47.4.